The number of aromatic amines is 1. The fourth-order valence-corrected chi connectivity index (χ4v) is 3.65. The number of rotatable bonds is 6. The third-order valence-corrected chi connectivity index (χ3v) is 5.37. The first-order valence-electron chi connectivity index (χ1n) is 9.87. The molecule has 0 unspecified atom stereocenters. The van der Waals surface area contributed by atoms with Crippen LogP contribution in [0, 0.1) is 0 Å². The van der Waals surface area contributed by atoms with Crippen molar-refractivity contribution in [2.45, 2.75) is 19.3 Å². The lowest BCUT2D eigenvalue weighted by Gasteiger charge is -2.14. The van der Waals surface area contributed by atoms with Gasteiger partial charge in [-0.2, -0.15) is 0 Å². The van der Waals surface area contributed by atoms with Crippen molar-refractivity contribution in [3.05, 3.63) is 81.1 Å². The Balaban J connectivity index is 1.55. The van der Waals surface area contributed by atoms with E-state index < -0.39 is 11.9 Å². The number of carboxylic acids is 1. The molecule has 0 aliphatic carbocycles. The molecule has 7 nitrogen and oxygen atoms in total. The number of hydrogen-bond donors (Lipinski definition) is 2. The Morgan fingerprint density at radius 2 is 1.73 bits per heavy atom. The van der Waals surface area contributed by atoms with Gasteiger partial charge in [0.05, 0.1) is 11.1 Å². The van der Waals surface area contributed by atoms with Crippen molar-refractivity contribution in [2.24, 2.45) is 0 Å². The van der Waals surface area contributed by atoms with E-state index in [1.54, 1.807) is 36.5 Å². The van der Waals surface area contributed by atoms with E-state index in [0.717, 1.165) is 31.5 Å². The van der Waals surface area contributed by atoms with Crippen molar-refractivity contribution in [1.29, 1.82) is 0 Å². The van der Waals surface area contributed by atoms with E-state index in [1.165, 1.54) is 12.1 Å². The molecular weight excluding hydrogens is 384 g/mol. The fraction of sp³-hybridized carbons (Fsp3) is 0.261. The van der Waals surface area contributed by atoms with Gasteiger partial charge in [0.15, 0.2) is 5.43 Å². The highest BCUT2D eigenvalue weighted by molar-refractivity contribution is 5.94. The molecule has 7 heteroatoms. The zero-order valence-electron chi connectivity index (χ0n) is 16.4. The van der Waals surface area contributed by atoms with Crippen LogP contribution in [0.15, 0.2) is 53.5 Å². The topological polar surface area (TPSA) is 99.7 Å². The minimum Gasteiger partial charge on any atom is -0.478 e. The van der Waals surface area contributed by atoms with Gasteiger partial charge in [0.2, 0.25) is 0 Å². The Morgan fingerprint density at radius 3 is 2.43 bits per heavy atom. The highest BCUT2D eigenvalue weighted by Gasteiger charge is 2.16. The molecule has 0 atom stereocenters. The summed E-state index contributed by atoms with van der Waals surface area (Å²) in [5.41, 5.74) is 2.37. The van der Waals surface area contributed by atoms with Gasteiger partial charge in [0.25, 0.3) is 0 Å². The number of aromatic carboxylic acids is 1. The number of nitrogens with zero attached hydrogens (tertiary/aromatic N) is 1. The third kappa shape index (κ3) is 4.26. The van der Waals surface area contributed by atoms with Crippen molar-refractivity contribution < 1.29 is 19.4 Å². The number of esters is 1. The van der Waals surface area contributed by atoms with Crippen LogP contribution < -0.4 is 5.43 Å². The van der Waals surface area contributed by atoms with Crippen LogP contribution in [-0.2, 0) is 11.2 Å². The average molecular weight is 406 g/mol. The van der Waals surface area contributed by atoms with E-state index in [4.69, 9.17) is 9.84 Å². The molecule has 2 heterocycles. The average Bonchev–Trinajstić information content (AvgIpc) is 3.28. The number of benzene rings is 2. The second-order valence-electron chi connectivity index (χ2n) is 7.47. The predicted octanol–water partition coefficient (Wildman–Crippen LogP) is 3.03. The van der Waals surface area contributed by atoms with E-state index in [0.29, 0.717) is 28.5 Å². The molecule has 0 radical (unpaired) electrons. The standard InChI is InChI=1S/C23H22N2O5/c26-21-18(11-15-3-5-16(6-4-15)22(27)28)13-24-20-8-7-17(12-19(20)21)23(29)30-14-25-9-1-2-10-25/h3-8,12-13H,1-2,9-11,14H2,(H,24,26)(H,27,28). The zero-order chi connectivity index (χ0) is 21.1. The Hall–Kier alpha value is -3.45. The molecule has 1 saturated heterocycles. The number of hydrogen-bond acceptors (Lipinski definition) is 5. The second kappa shape index (κ2) is 8.51. The van der Waals surface area contributed by atoms with E-state index in [9.17, 15) is 14.4 Å². The van der Waals surface area contributed by atoms with E-state index >= 15 is 0 Å². The van der Waals surface area contributed by atoms with Gasteiger partial charge in [0.1, 0.15) is 6.73 Å². The van der Waals surface area contributed by atoms with Gasteiger partial charge in [-0.1, -0.05) is 12.1 Å². The van der Waals surface area contributed by atoms with Gasteiger partial charge in [-0.15, -0.1) is 0 Å². The lowest BCUT2D eigenvalue weighted by atomic mass is 10.0. The first kappa shape index (κ1) is 19.8. The van der Waals surface area contributed by atoms with Crippen LogP contribution in [0.1, 0.15) is 44.7 Å². The van der Waals surface area contributed by atoms with Gasteiger partial charge in [-0.25, -0.2) is 9.59 Å². The van der Waals surface area contributed by atoms with Gasteiger partial charge in [-0.05, 0) is 48.7 Å². The summed E-state index contributed by atoms with van der Waals surface area (Å²) in [6.07, 6.45) is 4.24. The Morgan fingerprint density at radius 1 is 1.03 bits per heavy atom. The number of aromatic nitrogens is 1. The number of nitrogens with one attached hydrogen (secondary N) is 1. The summed E-state index contributed by atoms with van der Waals surface area (Å²) >= 11 is 0. The number of likely N-dealkylation sites (tertiary alicyclic amines) is 1. The number of H-pyrrole nitrogens is 1. The van der Waals surface area contributed by atoms with E-state index in [-0.39, 0.29) is 17.7 Å². The largest absolute Gasteiger partial charge is 0.478 e. The molecule has 0 bridgehead atoms. The Kier molecular flexibility index (Phi) is 5.63. The number of pyridine rings is 1. The highest BCUT2D eigenvalue weighted by atomic mass is 16.5. The molecule has 0 spiro atoms. The van der Waals surface area contributed by atoms with Crippen LogP contribution in [-0.4, -0.2) is 46.7 Å². The van der Waals surface area contributed by atoms with Gasteiger partial charge < -0.3 is 14.8 Å². The number of carboxylic acid groups (broad SMARTS) is 1. The summed E-state index contributed by atoms with van der Waals surface area (Å²) < 4.78 is 5.38. The molecule has 1 aliphatic rings. The van der Waals surface area contributed by atoms with Crippen molar-refractivity contribution in [3.8, 4) is 0 Å². The second-order valence-corrected chi connectivity index (χ2v) is 7.47. The van der Waals surface area contributed by atoms with E-state index in [1.807, 2.05) is 0 Å². The summed E-state index contributed by atoms with van der Waals surface area (Å²) in [5.74, 6) is -1.44. The fourth-order valence-electron chi connectivity index (χ4n) is 3.65. The quantitative estimate of drug-likeness (QED) is 0.611. The molecule has 1 aliphatic heterocycles. The Bertz CT molecular complexity index is 1140. The van der Waals surface area contributed by atoms with Gasteiger partial charge in [-0.3, -0.25) is 9.69 Å². The summed E-state index contributed by atoms with van der Waals surface area (Å²) in [6.45, 7) is 2.13. The third-order valence-electron chi connectivity index (χ3n) is 5.37. The van der Waals surface area contributed by atoms with Crippen LogP contribution in [0.3, 0.4) is 0 Å². The SMILES string of the molecule is O=C(O)c1ccc(Cc2c[nH]c3ccc(C(=O)OCN4CCCC4)cc3c2=O)cc1. The normalized spacial score (nSPS) is 14.1. The molecule has 154 valence electrons. The summed E-state index contributed by atoms with van der Waals surface area (Å²) in [7, 11) is 0. The molecule has 1 aromatic heterocycles. The lowest BCUT2D eigenvalue weighted by molar-refractivity contribution is 0.0269. The smallest absolute Gasteiger partial charge is 0.339 e. The molecule has 3 aromatic rings. The summed E-state index contributed by atoms with van der Waals surface area (Å²) in [6, 6.07) is 11.3. The van der Waals surface area contributed by atoms with Crippen LogP contribution in [0.2, 0.25) is 0 Å². The first-order chi connectivity index (χ1) is 14.5. The predicted molar refractivity (Wildman–Crippen MR) is 112 cm³/mol. The molecule has 2 aromatic carbocycles. The van der Waals surface area contributed by atoms with Crippen LogP contribution >= 0.6 is 0 Å². The molecule has 1 fully saturated rings. The van der Waals surface area contributed by atoms with Crippen molar-refractivity contribution >= 4 is 22.8 Å². The minimum absolute atomic E-state index is 0.166. The van der Waals surface area contributed by atoms with Crippen LogP contribution in [0.5, 0.6) is 0 Å². The molecule has 0 saturated carbocycles. The maximum Gasteiger partial charge on any atom is 0.339 e. The van der Waals surface area contributed by atoms with Crippen molar-refractivity contribution in [2.75, 3.05) is 19.8 Å². The number of carbonyl (C=O) groups is 2. The minimum atomic E-state index is -0.991. The molecular formula is C23H22N2O5. The Labute approximate surface area is 172 Å². The molecule has 2 N–H and O–H groups in total. The zero-order valence-corrected chi connectivity index (χ0v) is 16.4. The number of carbonyl (C=O) groups excluding carboxylic acids is 1. The summed E-state index contributed by atoms with van der Waals surface area (Å²) in [5, 5.41) is 9.42. The molecule has 4 rings (SSSR count). The maximum absolute atomic E-state index is 13.0. The van der Waals surface area contributed by atoms with Crippen molar-refractivity contribution in [3.63, 3.8) is 0 Å². The number of ether oxygens (including phenoxy) is 1. The maximum atomic E-state index is 13.0. The van der Waals surface area contributed by atoms with E-state index in [2.05, 4.69) is 9.88 Å². The highest BCUT2D eigenvalue weighted by Crippen LogP contribution is 2.15. The molecule has 30 heavy (non-hydrogen) atoms. The summed E-state index contributed by atoms with van der Waals surface area (Å²) in [4.78, 5) is 41.6. The molecule has 0 amide bonds. The monoisotopic (exact) mass is 406 g/mol. The van der Waals surface area contributed by atoms with Gasteiger partial charge in [0, 0.05) is 42.2 Å². The van der Waals surface area contributed by atoms with Crippen LogP contribution in [0.4, 0.5) is 0 Å². The first-order valence-corrected chi connectivity index (χ1v) is 9.87. The lowest BCUT2D eigenvalue weighted by Crippen LogP contribution is -2.24. The van der Waals surface area contributed by atoms with Gasteiger partial charge >= 0.3 is 11.9 Å². The van der Waals surface area contributed by atoms with Crippen LogP contribution in [0.25, 0.3) is 10.9 Å². The number of fused-ring (bicyclic) bond motifs is 1. The van der Waals surface area contributed by atoms with Crippen molar-refractivity contribution in [1.82, 2.24) is 9.88 Å².